The summed E-state index contributed by atoms with van der Waals surface area (Å²) in [7, 11) is 1.75. The molecule has 0 bridgehead atoms. The minimum Gasteiger partial charge on any atom is -0.497 e. The largest absolute Gasteiger partial charge is 0.497 e. The highest BCUT2D eigenvalue weighted by molar-refractivity contribution is 8.00. The third-order valence-electron chi connectivity index (χ3n) is 4.35. The van der Waals surface area contributed by atoms with E-state index in [0.717, 1.165) is 17.5 Å². The van der Waals surface area contributed by atoms with Gasteiger partial charge in [-0.25, -0.2) is 0 Å². The number of hydrogen-bond donors (Lipinski definition) is 1. The van der Waals surface area contributed by atoms with E-state index in [1.165, 1.54) is 36.8 Å². The predicted octanol–water partition coefficient (Wildman–Crippen LogP) is 4.58. The fourth-order valence-electron chi connectivity index (χ4n) is 2.98. The number of methoxy groups -OCH3 is 1. The Morgan fingerprint density at radius 1 is 1.38 bits per heavy atom. The molecule has 0 fully saturated rings. The summed E-state index contributed by atoms with van der Waals surface area (Å²) in [5.41, 5.74) is 2.94. The Hall–Kier alpha value is -0.670. The molecule has 0 aromatic heterocycles. The van der Waals surface area contributed by atoms with Crippen molar-refractivity contribution in [2.45, 2.75) is 63.0 Å². The summed E-state index contributed by atoms with van der Waals surface area (Å²) < 4.78 is 5.38. The predicted molar refractivity (Wildman–Crippen MR) is 93.5 cm³/mol. The van der Waals surface area contributed by atoms with Gasteiger partial charge in [0.2, 0.25) is 0 Å². The van der Waals surface area contributed by atoms with E-state index in [4.69, 9.17) is 4.74 Å². The summed E-state index contributed by atoms with van der Waals surface area (Å²) >= 11 is 2.16. The highest BCUT2D eigenvalue weighted by atomic mass is 32.2. The zero-order valence-corrected chi connectivity index (χ0v) is 14.6. The molecule has 0 spiro atoms. The molecule has 3 heteroatoms. The molecule has 0 saturated heterocycles. The van der Waals surface area contributed by atoms with Crippen LogP contribution in [0.25, 0.3) is 0 Å². The lowest BCUT2D eigenvalue weighted by atomic mass is 9.87. The van der Waals surface area contributed by atoms with Crippen LogP contribution in [0.2, 0.25) is 0 Å². The van der Waals surface area contributed by atoms with Gasteiger partial charge in [-0.3, -0.25) is 0 Å². The molecule has 0 amide bonds. The quantitative estimate of drug-likeness (QED) is 0.796. The van der Waals surface area contributed by atoms with Gasteiger partial charge in [0.05, 0.1) is 7.11 Å². The molecule has 2 nitrogen and oxygen atoms in total. The van der Waals surface area contributed by atoms with Crippen LogP contribution in [-0.4, -0.2) is 24.2 Å². The number of nitrogens with one attached hydrogen (secondary N) is 1. The van der Waals surface area contributed by atoms with Crippen molar-refractivity contribution in [3.8, 4) is 5.75 Å². The summed E-state index contributed by atoms with van der Waals surface area (Å²) in [6.45, 7) is 7.97. The van der Waals surface area contributed by atoms with Crippen LogP contribution in [0, 0.1) is 0 Å². The maximum absolute atomic E-state index is 5.38. The molecular weight excluding hydrogens is 278 g/mol. The van der Waals surface area contributed by atoms with Crippen LogP contribution in [0.5, 0.6) is 5.75 Å². The lowest BCUT2D eigenvalue weighted by Gasteiger charge is -2.35. The molecule has 0 heterocycles. The minimum atomic E-state index is 0.485. The summed E-state index contributed by atoms with van der Waals surface area (Å²) in [4.78, 5) is 0. The molecule has 0 radical (unpaired) electrons. The van der Waals surface area contributed by atoms with E-state index in [1.807, 2.05) is 0 Å². The van der Waals surface area contributed by atoms with Gasteiger partial charge in [-0.05, 0) is 55.5 Å². The van der Waals surface area contributed by atoms with Gasteiger partial charge in [0.1, 0.15) is 5.75 Å². The zero-order valence-electron chi connectivity index (χ0n) is 13.8. The van der Waals surface area contributed by atoms with Crippen molar-refractivity contribution in [1.82, 2.24) is 5.32 Å². The van der Waals surface area contributed by atoms with E-state index < -0.39 is 0 Å². The number of rotatable bonds is 7. The highest BCUT2D eigenvalue weighted by Crippen LogP contribution is 2.40. The van der Waals surface area contributed by atoms with Gasteiger partial charge in [-0.15, -0.1) is 0 Å². The van der Waals surface area contributed by atoms with Crippen LogP contribution >= 0.6 is 11.8 Å². The van der Waals surface area contributed by atoms with Gasteiger partial charge in [0, 0.05) is 16.5 Å². The molecule has 3 unspecified atom stereocenters. The van der Waals surface area contributed by atoms with Crippen LogP contribution < -0.4 is 10.1 Å². The molecule has 1 aliphatic carbocycles. The van der Waals surface area contributed by atoms with Gasteiger partial charge < -0.3 is 10.1 Å². The number of aryl methyl sites for hydroxylation is 1. The summed E-state index contributed by atoms with van der Waals surface area (Å²) in [6.07, 6.45) is 4.86. The first kappa shape index (κ1) is 16.7. The summed E-state index contributed by atoms with van der Waals surface area (Å²) in [5, 5.41) is 5.21. The SMILES string of the molecule is CCCNC1c2ccc(OC)cc2CCC1SC(C)CC. The van der Waals surface area contributed by atoms with Gasteiger partial charge in [0.25, 0.3) is 0 Å². The van der Waals surface area contributed by atoms with Crippen LogP contribution in [0.3, 0.4) is 0 Å². The Morgan fingerprint density at radius 2 is 2.19 bits per heavy atom. The lowest BCUT2D eigenvalue weighted by molar-refractivity contribution is 0.411. The van der Waals surface area contributed by atoms with E-state index in [-0.39, 0.29) is 0 Å². The molecule has 2 rings (SSSR count). The van der Waals surface area contributed by atoms with Crippen molar-refractivity contribution in [3.63, 3.8) is 0 Å². The first-order valence-corrected chi connectivity index (χ1v) is 9.19. The zero-order chi connectivity index (χ0) is 15.2. The number of benzene rings is 1. The van der Waals surface area contributed by atoms with Crippen molar-refractivity contribution in [1.29, 1.82) is 0 Å². The average Bonchev–Trinajstić information content (AvgIpc) is 2.52. The van der Waals surface area contributed by atoms with Crippen LogP contribution in [0.4, 0.5) is 0 Å². The molecule has 1 N–H and O–H groups in total. The number of thioether (sulfide) groups is 1. The number of fused-ring (bicyclic) bond motifs is 1. The molecule has 3 atom stereocenters. The fourth-order valence-corrected chi connectivity index (χ4v) is 4.42. The molecule has 1 aromatic rings. The fraction of sp³-hybridized carbons (Fsp3) is 0.667. The lowest BCUT2D eigenvalue weighted by Crippen LogP contribution is -2.35. The van der Waals surface area contributed by atoms with Crippen LogP contribution in [0.1, 0.15) is 57.2 Å². The first-order chi connectivity index (χ1) is 10.2. The van der Waals surface area contributed by atoms with E-state index in [2.05, 4.69) is 56.0 Å². The molecule has 21 heavy (non-hydrogen) atoms. The Labute approximate surface area is 134 Å². The first-order valence-electron chi connectivity index (χ1n) is 8.25. The second kappa shape index (κ2) is 8.09. The maximum Gasteiger partial charge on any atom is 0.119 e. The molecule has 1 aliphatic rings. The van der Waals surface area contributed by atoms with E-state index >= 15 is 0 Å². The second-order valence-corrected chi connectivity index (χ2v) is 7.61. The standard InChI is InChI=1S/C18H29NOS/c1-5-11-19-18-16-9-8-15(20-4)12-14(16)7-10-17(18)21-13(3)6-2/h8-9,12-13,17-19H,5-7,10-11H2,1-4H3. The van der Waals surface area contributed by atoms with Crippen molar-refractivity contribution in [3.05, 3.63) is 29.3 Å². The van der Waals surface area contributed by atoms with Crippen molar-refractivity contribution in [2.75, 3.05) is 13.7 Å². The minimum absolute atomic E-state index is 0.485. The monoisotopic (exact) mass is 307 g/mol. The van der Waals surface area contributed by atoms with Crippen LogP contribution in [0.15, 0.2) is 18.2 Å². The third-order valence-corrected chi connectivity index (χ3v) is 6.01. The maximum atomic E-state index is 5.38. The van der Waals surface area contributed by atoms with Gasteiger partial charge in [-0.2, -0.15) is 11.8 Å². The Bertz CT molecular complexity index is 449. The number of ether oxygens (including phenoxy) is 1. The van der Waals surface area contributed by atoms with E-state index in [0.29, 0.717) is 11.3 Å². The van der Waals surface area contributed by atoms with E-state index in [9.17, 15) is 0 Å². The molecule has 0 saturated carbocycles. The van der Waals surface area contributed by atoms with Crippen molar-refractivity contribution < 1.29 is 4.74 Å². The van der Waals surface area contributed by atoms with Gasteiger partial charge >= 0.3 is 0 Å². The molecule has 1 aromatic carbocycles. The Morgan fingerprint density at radius 3 is 2.86 bits per heavy atom. The van der Waals surface area contributed by atoms with Crippen molar-refractivity contribution >= 4 is 11.8 Å². The van der Waals surface area contributed by atoms with Crippen molar-refractivity contribution in [2.24, 2.45) is 0 Å². The average molecular weight is 308 g/mol. The topological polar surface area (TPSA) is 21.3 Å². The summed E-state index contributed by atoms with van der Waals surface area (Å²) in [6, 6.07) is 7.08. The number of hydrogen-bond acceptors (Lipinski definition) is 3. The Balaban J connectivity index is 2.21. The highest BCUT2D eigenvalue weighted by Gasteiger charge is 2.30. The molecule has 118 valence electrons. The van der Waals surface area contributed by atoms with E-state index in [1.54, 1.807) is 7.11 Å². The normalized spacial score (nSPS) is 22.7. The smallest absolute Gasteiger partial charge is 0.119 e. The molecular formula is C18H29NOS. The molecule has 0 aliphatic heterocycles. The third kappa shape index (κ3) is 4.17. The van der Waals surface area contributed by atoms with Gasteiger partial charge in [0.15, 0.2) is 0 Å². The van der Waals surface area contributed by atoms with Gasteiger partial charge in [-0.1, -0.05) is 26.8 Å². The second-order valence-electron chi connectivity index (χ2n) is 5.93. The summed E-state index contributed by atoms with van der Waals surface area (Å²) in [5.74, 6) is 0.982. The van der Waals surface area contributed by atoms with Crippen LogP contribution in [-0.2, 0) is 6.42 Å². The Kier molecular flexibility index (Phi) is 6.43.